The normalized spacial score (nSPS) is 28.4. The molecule has 2 fully saturated rings. The van der Waals surface area contributed by atoms with Gasteiger partial charge in [-0.05, 0) is 55.9 Å². The lowest BCUT2D eigenvalue weighted by Crippen LogP contribution is -2.62. The average Bonchev–Trinajstić information content (AvgIpc) is 2.65. The van der Waals surface area contributed by atoms with Crippen LogP contribution in [0, 0.1) is 0 Å². The van der Waals surface area contributed by atoms with Crippen LogP contribution >= 0.6 is 0 Å². The Morgan fingerprint density at radius 3 is 2.36 bits per heavy atom. The molecule has 3 nitrogen and oxygen atoms in total. The van der Waals surface area contributed by atoms with E-state index in [0.717, 1.165) is 38.8 Å². The van der Waals surface area contributed by atoms with Crippen molar-refractivity contribution < 1.29 is 9.53 Å². The molecule has 1 spiro atoms. The number of benzene rings is 1. The topological polar surface area (TPSA) is 32.7 Å². The highest BCUT2D eigenvalue weighted by atomic mass is 28.4. The minimum absolute atomic E-state index is 0.0617. The van der Waals surface area contributed by atoms with Crippen LogP contribution in [0.1, 0.15) is 77.3 Å². The van der Waals surface area contributed by atoms with Crippen molar-refractivity contribution in [3.63, 3.8) is 0 Å². The maximum atomic E-state index is 11.1. The number of rotatable bonds is 5. The molecule has 1 heterocycles. The van der Waals surface area contributed by atoms with E-state index in [1.165, 1.54) is 24.8 Å². The highest BCUT2D eigenvalue weighted by Gasteiger charge is 2.49. The van der Waals surface area contributed by atoms with Gasteiger partial charge in [0.15, 0.2) is 8.32 Å². The third kappa shape index (κ3) is 4.40. The second kappa shape index (κ2) is 8.59. The van der Waals surface area contributed by atoms with Crippen LogP contribution in [-0.2, 0) is 4.43 Å². The number of hydrogen-bond donors (Lipinski definition) is 1. The molecule has 3 rings (SSSR count). The summed E-state index contributed by atoms with van der Waals surface area (Å²) < 4.78 is 6.75. The quantitative estimate of drug-likeness (QED) is 0.620. The van der Waals surface area contributed by atoms with Crippen molar-refractivity contribution in [1.82, 2.24) is 4.90 Å². The van der Waals surface area contributed by atoms with Gasteiger partial charge in [-0.1, -0.05) is 70.4 Å². The maximum Gasteiger partial charge on any atom is 0.192 e. The van der Waals surface area contributed by atoms with Crippen molar-refractivity contribution in [3.05, 3.63) is 35.9 Å². The molecule has 4 heteroatoms. The van der Waals surface area contributed by atoms with Crippen molar-refractivity contribution in [3.8, 4) is 0 Å². The molecule has 0 aromatic heterocycles. The first kappa shape index (κ1) is 22.0. The van der Waals surface area contributed by atoms with E-state index in [1.807, 2.05) is 0 Å². The van der Waals surface area contributed by atoms with Crippen LogP contribution in [0.4, 0.5) is 0 Å². The highest BCUT2D eigenvalue weighted by molar-refractivity contribution is 6.74. The molecular weight excluding hydrogens is 362 g/mol. The molecule has 1 aromatic rings. The fraction of sp³-hybridized carbons (Fsp3) is 0.750. The minimum Gasteiger partial charge on any atom is -0.415 e. The predicted molar refractivity (Wildman–Crippen MR) is 120 cm³/mol. The molecule has 1 aromatic carbocycles. The largest absolute Gasteiger partial charge is 0.415 e. The second-order valence-electron chi connectivity index (χ2n) is 10.5. The Hall–Kier alpha value is -0.683. The molecule has 2 aliphatic rings. The van der Waals surface area contributed by atoms with Crippen molar-refractivity contribution in [2.24, 2.45) is 0 Å². The molecule has 1 unspecified atom stereocenters. The molecule has 1 N–H and O–H groups in total. The van der Waals surface area contributed by atoms with Gasteiger partial charge >= 0.3 is 0 Å². The Morgan fingerprint density at radius 1 is 1.11 bits per heavy atom. The Bertz CT molecular complexity index is 621. The maximum absolute atomic E-state index is 11.1. The van der Waals surface area contributed by atoms with E-state index in [0.29, 0.717) is 0 Å². The summed E-state index contributed by atoms with van der Waals surface area (Å²) in [5.41, 5.74) is 1.27. The number of hydrogen-bond acceptors (Lipinski definition) is 3. The summed E-state index contributed by atoms with van der Waals surface area (Å²) in [4.78, 5) is 2.66. The first-order valence-corrected chi connectivity index (χ1v) is 14.2. The molecule has 1 aliphatic heterocycles. The summed E-state index contributed by atoms with van der Waals surface area (Å²) in [7, 11) is -1.83. The molecule has 0 amide bonds. The van der Waals surface area contributed by atoms with E-state index in [2.05, 4.69) is 69.1 Å². The van der Waals surface area contributed by atoms with E-state index in [4.69, 9.17) is 4.43 Å². The lowest BCUT2D eigenvalue weighted by Gasteiger charge is -2.55. The third-order valence-corrected chi connectivity index (χ3v) is 12.3. The first-order chi connectivity index (χ1) is 13.2. The number of likely N-dealkylation sites (tertiary alicyclic amines) is 1. The van der Waals surface area contributed by atoms with Crippen molar-refractivity contribution in [2.75, 3.05) is 13.2 Å². The van der Waals surface area contributed by atoms with E-state index < -0.39 is 8.32 Å². The molecule has 1 aliphatic carbocycles. The van der Waals surface area contributed by atoms with Crippen LogP contribution in [0.25, 0.3) is 0 Å². The van der Waals surface area contributed by atoms with Gasteiger partial charge in [0.1, 0.15) is 0 Å². The second-order valence-corrected chi connectivity index (χ2v) is 15.3. The summed E-state index contributed by atoms with van der Waals surface area (Å²) in [6.45, 7) is 13.4. The van der Waals surface area contributed by atoms with Crippen molar-refractivity contribution in [1.29, 1.82) is 0 Å². The zero-order valence-electron chi connectivity index (χ0n) is 18.7. The van der Waals surface area contributed by atoms with Gasteiger partial charge in [0.05, 0.1) is 18.8 Å². The van der Waals surface area contributed by atoms with Crippen LogP contribution in [-0.4, -0.2) is 43.1 Å². The fourth-order valence-corrected chi connectivity index (χ4v) is 5.93. The minimum atomic E-state index is -1.83. The van der Waals surface area contributed by atoms with E-state index in [9.17, 15) is 5.11 Å². The molecule has 1 saturated carbocycles. The third-order valence-electron chi connectivity index (χ3n) is 7.76. The molecule has 28 heavy (non-hydrogen) atoms. The van der Waals surface area contributed by atoms with Crippen LogP contribution in [0.3, 0.4) is 0 Å². The standard InChI is InChI=1S/C24H41NO2Si/c1-23(2,3)28(4,5)27-19-21(20-13-7-6-8-14-20)25-18-12-11-17-24(25)16-10-9-15-22(24)26/h6-8,13-14,21-22,26H,9-12,15-19H2,1-5H3/t21-,22?,24-/m0/s1. The van der Waals surface area contributed by atoms with Gasteiger partial charge in [-0.15, -0.1) is 0 Å². The molecule has 158 valence electrons. The summed E-state index contributed by atoms with van der Waals surface area (Å²) in [6.07, 6.45) is 7.83. The van der Waals surface area contributed by atoms with Crippen molar-refractivity contribution >= 4 is 8.32 Å². The average molecular weight is 404 g/mol. The van der Waals surface area contributed by atoms with Crippen LogP contribution < -0.4 is 0 Å². The van der Waals surface area contributed by atoms with Crippen molar-refractivity contribution in [2.45, 2.75) is 102 Å². The van der Waals surface area contributed by atoms with Gasteiger partial charge in [0.25, 0.3) is 0 Å². The summed E-state index contributed by atoms with van der Waals surface area (Å²) in [5.74, 6) is 0. The number of aliphatic hydroxyl groups is 1. The highest BCUT2D eigenvalue weighted by Crippen LogP contribution is 2.46. The van der Waals surface area contributed by atoms with Crippen LogP contribution in [0.2, 0.25) is 18.1 Å². The van der Waals surface area contributed by atoms with E-state index in [-0.39, 0.29) is 22.7 Å². The molecule has 0 bridgehead atoms. The Labute approximate surface area is 173 Å². The summed E-state index contributed by atoms with van der Waals surface area (Å²) >= 11 is 0. The number of nitrogens with zero attached hydrogens (tertiary/aromatic N) is 1. The van der Waals surface area contributed by atoms with Gasteiger partial charge < -0.3 is 9.53 Å². The molecular formula is C24H41NO2Si. The smallest absolute Gasteiger partial charge is 0.192 e. The lowest BCUT2D eigenvalue weighted by atomic mass is 9.71. The number of piperidine rings is 1. The lowest BCUT2D eigenvalue weighted by molar-refractivity contribution is -0.107. The summed E-state index contributed by atoms with van der Waals surface area (Å²) in [5, 5.41) is 11.3. The molecule has 3 atom stereocenters. The number of aliphatic hydroxyl groups excluding tert-OH is 1. The summed E-state index contributed by atoms with van der Waals surface area (Å²) in [6, 6.07) is 11.1. The predicted octanol–water partition coefficient (Wildman–Crippen LogP) is 5.91. The van der Waals surface area contributed by atoms with Gasteiger partial charge in [-0.3, -0.25) is 4.90 Å². The van der Waals surface area contributed by atoms with Crippen LogP contribution in [0.5, 0.6) is 0 Å². The zero-order chi connectivity index (χ0) is 20.4. The van der Waals surface area contributed by atoms with E-state index >= 15 is 0 Å². The monoisotopic (exact) mass is 403 g/mol. The Kier molecular flexibility index (Phi) is 6.75. The first-order valence-electron chi connectivity index (χ1n) is 11.3. The van der Waals surface area contributed by atoms with Crippen LogP contribution in [0.15, 0.2) is 30.3 Å². The Balaban J connectivity index is 1.92. The van der Waals surface area contributed by atoms with Gasteiger partial charge in [0.2, 0.25) is 0 Å². The van der Waals surface area contributed by atoms with Gasteiger partial charge in [-0.25, -0.2) is 0 Å². The SMILES string of the molecule is CC(C)(C)[Si](C)(C)OC[C@@H](c1ccccc1)N1CCCC[C@]12CCCCC2O. The van der Waals surface area contributed by atoms with Gasteiger partial charge in [-0.2, -0.15) is 0 Å². The fourth-order valence-electron chi connectivity index (χ4n) is 4.92. The van der Waals surface area contributed by atoms with E-state index in [1.54, 1.807) is 0 Å². The van der Waals surface area contributed by atoms with Gasteiger partial charge in [0, 0.05) is 5.54 Å². The molecule has 1 saturated heterocycles. The zero-order valence-corrected chi connectivity index (χ0v) is 19.7. The Morgan fingerprint density at radius 2 is 1.75 bits per heavy atom. The molecule has 0 radical (unpaired) electrons.